The molecule has 0 amide bonds. The van der Waals surface area contributed by atoms with Crippen molar-refractivity contribution in [3.63, 3.8) is 0 Å². The van der Waals surface area contributed by atoms with Crippen molar-refractivity contribution in [2.75, 3.05) is 13.2 Å². The number of carbonyl (C=O) groups excluding carboxylic acids is 3. The lowest BCUT2D eigenvalue weighted by Crippen LogP contribution is -2.30. The summed E-state index contributed by atoms with van der Waals surface area (Å²) in [6, 6.07) is 0. The number of rotatable bonds is 58. The Kier molecular flexibility index (Phi) is 64.4. The quantitative estimate of drug-likeness (QED) is 0.0261. The molecule has 0 heterocycles. The monoisotopic (exact) mass is 1140 g/mol. The van der Waals surface area contributed by atoms with Crippen molar-refractivity contribution < 1.29 is 28.6 Å². The second-order valence-electron chi connectivity index (χ2n) is 21.3. The summed E-state index contributed by atoms with van der Waals surface area (Å²) in [4.78, 5) is 38.4. The molecule has 0 spiro atoms. The minimum Gasteiger partial charge on any atom is -0.462 e. The SMILES string of the molecule is CC/C=C\C/C=C\C/C=C\C/C=C\C/C=C\C/C=C\CCCCC(=O)OC(COC(=O)CC/C=C\C/C=C\C/C=C\C/C=C\C/C=C\C/C=C\CC)COC(=O)CCCCCCCCCCCC/C=C\C/C=C\C/C=C\CCCCCCC. The molecule has 0 aliphatic heterocycles. The number of unbranched alkanes of at least 4 members (excludes halogenated alkanes) is 17. The van der Waals surface area contributed by atoms with E-state index in [4.69, 9.17) is 14.2 Å². The van der Waals surface area contributed by atoms with Crippen molar-refractivity contribution in [1.82, 2.24) is 0 Å². The predicted molar refractivity (Wildman–Crippen MR) is 361 cm³/mol. The number of carbonyl (C=O) groups is 3. The third-order valence-corrected chi connectivity index (χ3v) is 13.4. The molecule has 0 saturated carbocycles. The van der Waals surface area contributed by atoms with E-state index in [0.29, 0.717) is 19.3 Å². The van der Waals surface area contributed by atoms with Gasteiger partial charge in [-0.1, -0.05) is 280 Å². The van der Waals surface area contributed by atoms with Gasteiger partial charge < -0.3 is 14.2 Å². The highest BCUT2D eigenvalue weighted by molar-refractivity contribution is 5.71. The minimum absolute atomic E-state index is 0.130. The van der Waals surface area contributed by atoms with E-state index < -0.39 is 6.10 Å². The maximum Gasteiger partial charge on any atom is 0.306 e. The highest BCUT2D eigenvalue weighted by Crippen LogP contribution is 2.14. The van der Waals surface area contributed by atoms with Gasteiger partial charge in [-0.3, -0.25) is 14.4 Å². The molecule has 0 fully saturated rings. The highest BCUT2D eigenvalue weighted by Gasteiger charge is 2.19. The molecule has 0 aliphatic rings. The van der Waals surface area contributed by atoms with Gasteiger partial charge in [0.25, 0.3) is 0 Å². The summed E-state index contributed by atoms with van der Waals surface area (Å²) >= 11 is 0. The first-order valence-electron chi connectivity index (χ1n) is 33.3. The van der Waals surface area contributed by atoms with Gasteiger partial charge in [0.05, 0.1) is 0 Å². The second-order valence-corrected chi connectivity index (χ2v) is 21.3. The van der Waals surface area contributed by atoms with E-state index in [0.717, 1.165) is 122 Å². The van der Waals surface area contributed by atoms with E-state index in [2.05, 4.69) is 191 Å². The zero-order valence-electron chi connectivity index (χ0n) is 53.1. The Hall–Kier alpha value is -5.49. The van der Waals surface area contributed by atoms with Gasteiger partial charge in [0.1, 0.15) is 13.2 Å². The van der Waals surface area contributed by atoms with E-state index in [1.54, 1.807) is 0 Å². The van der Waals surface area contributed by atoms with E-state index in [1.807, 2.05) is 12.2 Å². The molecule has 1 unspecified atom stereocenters. The van der Waals surface area contributed by atoms with Gasteiger partial charge in [-0.05, 0) is 148 Å². The molecule has 0 bridgehead atoms. The van der Waals surface area contributed by atoms with Crippen molar-refractivity contribution in [3.05, 3.63) is 182 Å². The summed E-state index contributed by atoms with van der Waals surface area (Å²) in [5.74, 6) is -1.07. The summed E-state index contributed by atoms with van der Waals surface area (Å²) in [6.45, 7) is 6.29. The Bertz CT molecular complexity index is 1940. The first kappa shape index (κ1) is 77.5. The molecule has 0 aromatic heterocycles. The van der Waals surface area contributed by atoms with Crippen LogP contribution in [0.1, 0.15) is 265 Å². The molecule has 83 heavy (non-hydrogen) atoms. The average Bonchev–Trinajstić information content (AvgIpc) is 3.50. The van der Waals surface area contributed by atoms with Crippen LogP contribution < -0.4 is 0 Å². The predicted octanol–water partition coefficient (Wildman–Crippen LogP) is 23.2. The van der Waals surface area contributed by atoms with Gasteiger partial charge in [-0.2, -0.15) is 0 Å². The zero-order valence-corrected chi connectivity index (χ0v) is 53.1. The van der Waals surface area contributed by atoms with E-state index in [-0.39, 0.29) is 44.0 Å². The smallest absolute Gasteiger partial charge is 0.306 e. The van der Waals surface area contributed by atoms with Crippen molar-refractivity contribution >= 4 is 17.9 Å². The molecule has 0 aliphatic carbocycles. The van der Waals surface area contributed by atoms with Crippen molar-refractivity contribution in [3.8, 4) is 0 Å². The molecule has 1 atom stereocenters. The molecule has 0 aromatic rings. The van der Waals surface area contributed by atoms with Crippen LogP contribution in [-0.2, 0) is 28.6 Å². The summed E-state index contributed by atoms with van der Waals surface area (Å²) in [7, 11) is 0. The summed E-state index contributed by atoms with van der Waals surface area (Å²) < 4.78 is 16.8. The lowest BCUT2D eigenvalue weighted by Gasteiger charge is -2.18. The molecule has 0 aromatic carbocycles. The summed E-state index contributed by atoms with van der Waals surface area (Å²) in [5, 5.41) is 0. The largest absolute Gasteiger partial charge is 0.462 e. The molecule has 0 saturated heterocycles. The molecule has 0 radical (unpaired) electrons. The molecular formula is C77H120O6. The van der Waals surface area contributed by atoms with Crippen LogP contribution in [0.15, 0.2) is 182 Å². The Labute approximate surface area is 510 Å². The van der Waals surface area contributed by atoms with Crippen LogP contribution in [0.4, 0.5) is 0 Å². The number of esters is 3. The van der Waals surface area contributed by atoms with Crippen molar-refractivity contribution in [2.24, 2.45) is 0 Å². The number of hydrogen-bond acceptors (Lipinski definition) is 6. The van der Waals surface area contributed by atoms with Crippen LogP contribution in [0.2, 0.25) is 0 Å². The molecule has 464 valence electrons. The van der Waals surface area contributed by atoms with Crippen molar-refractivity contribution in [2.45, 2.75) is 271 Å². The molecule has 6 heteroatoms. The Morgan fingerprint density at radius 1 is 0.253 bits per heavy atom. The lowest BCUT2D eigenvalue weighted by atomic mass is 10.1. The third-order valence-electron chi connectivity index (χ3n) is 13.4. The van der Waals surface area contributed by atoms with Gasteiger partial charge in [-0.25, -0.2) is 0 Å². The van der Waals surface area contributed by atoms with Gasteiger partial charge in [0, 0.05) is 19.3 Å². The van der Waals surface area contributed by atoms with E-state index in [1.165, 1.54) is 89.9 Å². The minimum atomic E-state index is -0.847. The molecule has 6 nitrogen and oxygen atoms in total. The van der Waals surface area contributed by atoms with Crippen LogP contribution in [0.3, 0.4) is 0 Å². The first-order valence-corrected chi connectivity index (χ1v) is 33.3. The lowest BCUT2D eigenvalue weighted by molar-refractivity contribution is -0.166. The molecule has 0 rings (SSSR count). The summed E-state index contributed by atoms with van der Waals surface area (Å²) in [5.41, 5.74) is 0. The fraction of sp³-hybridized carbons (Fsp3) is 0.571. The highest BCUT2D eigenvalue weighted by atomic mass is 16.6. The van der Waals surface area contributed by atoms with Crippen LogP contribution in [0.5, 0.6) is 0 Å². The molecular weight excluding hydrogens is 1020 g/mol. The summed E-state index contributed by atoms with van der Waals surface area (Å²) in [6.07, 6.45) is 103. The van der Waals surface area contributed by atoms with Gasteiger partial charge in [0.15, 0.2) is 6.10 Å². The standard InChI is InChI=1S/C77H120O6/c1-4-7-10-13-16-19-22-25-28-31-34-36-37-38-39-41-43-46-49-52-55-58-61-64-67-70-76(79)82-73-74(72-81-75(78)69-66-63-60-57-54-51-48-45-42-33-30-27-24-21-18-15-12-9-6-3)83-77(80)71-68-65-62-59-56-53-50-47-44-40-35-32-29-26-23-20-17-14-11-8-5-2/h8-9,11-12,17-18,20-22,25-27,29-31,34-35,37-38,40,42,45,47,50-51,54,56,59-60,63,74H,4-7,10,13-16,19,23-24,28,32-33,36,39,41,43-44,46,48-49,52-53,55,57-58,61-62,64-73H2,1-3H3/b11-8-,12-9-,20-17-,21-18-,25-22-,29-26-,30-27-,34-31-,38-37-,40-35-,45-42-,50-47-,54-51-,59-56-,63-60-. The van der Waals surface area contributed by atoms with E-state index >= 15 is 0 Å². The number of allylic oxidation sites excluding steroid dienone is 30. The average molecular weight is 1140 g/mol. The van der Waals surface area contributed by atoms with Crippen LogP contribution in [-0.4, -0.2) is 37.2 Å². The van der Waals surface area contributed by atoms with Crippen molar-refractivity contribution in [1.29, 1.82) is 0 Å². The first-order chi connectivity index (χ1) is 41.0. The van der Waals surface area contributed by atoms with Gasteiger partial charge in [-0.15, -0.1) is 0 Å². The van der Waals surface area contributed by atoms with Gasteiger partial charge in [0.2, 0.25) is 0 Å². The Morgan fingerprint density at radius 3 is 0.831 bits per heavy atom. The zero-order chi connectivity index (χ0) is 59.9. The second kappa shape index (κ2) is 69.0. The van der Waals surface area contributed by atoms with Crippen LogP contribution in [0.25, 0.3) is 0 Å². The fourth-order valence-electron chi connectivity index (χ4n) is 8.48. The third kappa shape index (κ3) is 67.2. The Balaban J connectivity index is 4.58. The number of ether oxygens (including phenoxy) is 3. The van der Waals surface area contributed by atoms with E-state index in [9.17, 15) is 14.4 Å². The van der Waals surface area contributed by atoms with Gasteiger partial charge >= 0.3 is 17.9 Å². The topological polar surface area (TPSA) is 78.9 Å². The molecule has 0 N–H and O–H groups in total. The maximum atomic E-state index is 12.9. The maximum absolute atomic E-state index is 12.9. The number of hydrogen-bond donors (Lipinski definition) is 0. The fourth-order valence-corrected chi connectivity index (χ4v) is 8.48. The van der Waals surface area contributed by atoms with Crippen LogP contribution >= 0.6 is 0 Å². The van der Waals surface area contributed by atoms with Crippen LogP contribution in [0, 0.1) is 0 Å². The normalized spacial score (nSPS) is 13.3. The Morgan fingerprint density at radius 2 is 0.494 bits per heavy atom.